The number of rotatable bonds is 2. The maximum atomic E-state index is 13.4. The smallest absolute Gasteiger partial charge is 0.261 e. The zero-order valence-electron chi connectivity index (χ0n) is 18.9. The Hall–Kier alpha value is -2.77. The minimum Gasteiger partial charge on any atom is -0.338 e. The van der Waals surface area contributed by atoms with Crippen molar-refractivity contribution in [1.82, 2.24) is 24.6 Å². The highest BCUT2D eigenvalue weighted by atomic mass is 16.2. The summed E-state index contributed by atoms with van der Waals surface area (Å²) in [6.07, 6.45) is 7.29. The molecule has 5 rings (SSSR count). The summed E-state index contributed by atoms with van der Waals surface area (Å²) in [5, 5.41) is 8.91. The molecule has 0 aromatic carbocycles. The molecule has 8 heteroatoms. The predicted molar refractivity (Wildman–Crippen MR) is 119 cm³/mol. The average molecular weight is 438 g/mol. The molecule has 170 valence electrons. The second-order valence-electron chi connectivity index (χ2n) is 10.4. The molecule has 2 aromatic rings. The van der Waals surface area contributed by atoms with Crippen LogP contribution in [0.1, 0.15) is 96.3 Å². The molecule has 4 heterocycles. The first-order valence-corrected chi connectivity index (χ1v) is 11.8. The lowest BCUT2D eigenvalue weighted by Gasteiger charge is -2.33. The summed E-state index contributed by atoms with van der Waals surface area (Å²) < 4.78 is 2.25. The number of hydrogen-bond acceptors (Lipinski definition) is 5. The van der Waals surface area contributed by atoms with Crippen LogP contribution in [0.5, 0.6) is 0 Å². The first-order valence-electron chi connectivity index (χ1n) is 11.8. The lowest BCUT2D eigenvalue weighted by Crippen LogP contribution is -2.42. The number of H-pyrrole nitrogens is 1. The number of Topliss-reactive ketones (excluding diaryl/α,β-unsaturated/α-hetero) is 1. The number of ketones is 1. The number of aromatic amines is 1. The van der Waals surface area contributed by atoms with Crippen LogP contribution in [0.2, 0.25) is 0 Å². The minimum absolute atomic E-state index is 0.00998. The lowest BCUT2D eigenvalue weighted by molar-refractivity contribution is 0.0701. The van der Waals surface area contributed by atoms with Gasteiger partial charge in [-0.2, -0.15) is 0 Å². The fourth-order valence-corrected chi connectivity index (χ4v) is 5.54. The van der Waals surface area contributed by atoms with Crippen LogP contribution in [-0.4, -0.2) is 49.4 Å². The maximum absolute atomic E-state index is 13.4. The normalized spacial score (nSPS) is 22.8. The number of piperidine rings is 1. The van der Waals surface area contributed by atoms with E-state index in [-0.39, 0.29) is 28.6 Å². The van der Waals surface area contributed by atoms with Gasteiger partial charge in [0.15, 0.2) is 5.78 Å². The van der Waals surface area contributed by atoms with Gasteiger partial charge in [-0.1, -0.05) is 20.3 Å². The van der Waals surface area contributed by atoms with Crippen molar-refractivity contribution in [1.29, 1.82) is 0 Å². The molecule has 0 bridgehead atoms. The zero-order chi connectivity index (χ0) is 22.5. The van der Waals surface area contributed by atoms with E-state index in [0.717, 1.165) is 50.3 Å². The fourth-order valence-electron chi connectivity index (χ4n) is 5.54. The van der Waals surface area contributed by atoms with Gasteiger partial charge in [-0.25, -0.2) is 0 Å². The maximum Gasteiger partial charge on any atom is 0.261 e. The highest BCUT2D eigenvalue weighted by Gasteiger charge is 2.35. The predicted octanol–water partition coefficient (Wildman–Crippen LogP) is 2.87. The standard InChI is InChI=1S/C24H31N5O3/c1-24(2)12-18-16(19(30)13-24)11-17(22(31)25-18)23(32)28-9-6-7-15(14-28)21-27-26-20-8-4-3-5-10-29(20)21/h11,15H,3-10,12-14H2,1-2H3,(H,25,31). The van der Waals surface area contributed by atoms with Gasteiger partial charge in [-0.05, 0) is 43.6 Å². The Balaban J connectivity index is 1.40. The quantitative estimate of drug-likeness (QED) is 0.779. The van der Waals surface area contributed by atoms with Gasteiger partial charge in [0, 0.05) is 49.7 Å². The summed E-state index contributed by atoms with van der Waals surface area (Å²) in [4.78, 5) is 43.4. The van der Waals surface area contributed by atoms with Gasteiger partial charge in [0.1, 0.15) is 17.2 Å². The number of aryl methyl sites for hydroxylation is 1. The van der Waals surface area contributed by atoms with Crippen LogP contribution in [-0.2, 0) is 19.4 Å². The topological polar surface area (TPSA) is 101 Å². The number of nitrogens with zero attached hydrogens (tertiary/aromatic N) is 4. The number of likely N-dealkylation sites (tertiary alicyclic amines) is 1. The van der Waals surface area contributed by atoms with E-state index in [0.29, 0.717) is 37.2 Å². The van der Waals surface area contributed by atoms with E-state index in [1.54, 1.807) is 4.90 Å². The summed E-state index contributed by atoms with van der Waals surface area (Å²) in [5.74, 6) is 1.83. The van der Waals surface area contributed by atoms with Gasteiger partial charge >= 0.3 is 0 Å². The molecule has 1 amide bonds. The molecule has 8 nitrogen and oxygen atoms in total. The summed E-state index contributed by atoms with van der Waals surface area (Å²) in [6, 6.07) is 1.53. The summed E-state index contributed by atoms with van der Waals surface area (Å²) >= 11 is 0. The third kappa shape index (κ3) is 3.80. The van der Waals surface area contributed by atoms with Gasteiger partial charge in [-0.15, -0.1) is 10.2 Å². The van der Waals surface area contributed by atoms with Crippen LogP contribution in [0.4, 0.5) is 0 Å². The Morgan fingerprint density at radius 1 is 1.09 bits per heavy atom. The van der Waals surface area contributed by atoms with E-state index in [4.69, 9.17) is 0 Å². The van der Waals surface area contributed by atoms with E-state index in [1.807, 2.05) is 13.8 Å². The van der Waals surface area contributed by atoms with Gasteiger partial charge in [-0.3, -0.25) is 14.4 Å². The number of amides is 1. The molecule has 1 atom stereocenters. The van der Waals surface area contributed by atoms with E-state index in [9.17, 15) is 14.4 Å². The highest BCUT2D eigenvalue weighted by Crippen LogP contribution is 2.34. The SMILES string of the molecule is CC1(C)CC(=O)c2cc(C(=O)N3CCCC(c4nnc5n4CCCCC5)C3)c(=O)[nH]c2C1. The number of hydrogen-bond donors (Lipinski definition) is 1. The molecule has 0 radical (unpaired) electrons. The monoisotopic (exact) mass is 437 g/mol. The van der Waals surface area contributed by atoms with Gasteiger partial charge in [0.25, 0.3) is 11.5 Å². The van der Waals surface area contributed by atoms with Crippen LogP contribution < -0.4 is 5.56 Å². The molecule has 32 heavy (non-hydrogen) atoms. The molecule has 0 spiro atoms. The molecular formula is C24H31N5O3. The minimum atomic E-state index is -0.405. The molecule has 2 aliphatic heterocycles. The summed E-state index contributed by atoms with van der Waals surface area (Å²) in [6.45, 7) is 6.10. The molecule has 1 aliphatic carbocycles. The van der Waals surface area contributed by atoms with Crippen molar-refractivity contribution in [2.45, 2.75) is 77.7 Å². The van der Waals surface area contributed by atoms with Crippen LogP contribution in [0.3, 0.4) is 0 Å². The Morgan fingerprint density at radius 2 is 1.94 bits per heavy atom. The molecule has 1 saturated heterocycles. The third-order valence-corrected chi connectivity index (χ3v) is 7.16. The van der Waals surface area contributed by atoms with Crippen LogP contribution in [0.15, 0.2) is 10.9 Å². The van der Waals surface area contributed by atoms with Crippen molar-refractivity contribution in [2.24, 2.45) is 5.41 Å². The van der Waals surface area contributed by atoms with Crippen LogP contribution in [0, 0.1) is 5.41 Å². The molecule has 1 N–H and O–H groups in total. The van der Waals surface area contributed by atoms with Gasteiger partial charge < -0.3 is 14.5 Å². The number of fused-ring (bicyclic) bond motifs is 2. The average Bonchev–Trinajstić information content (AvgIpc) is 3.00. The van der Waals surface area contributed by atoms with Crippen LogP contribution >= 0.6 is 0 Å². The van der Waals surface area contributed by atoms with Gasteiger partial charge in [0.05, 0.1) is 0 Å². The molecule has 1 unspecified atom stereocenters. The third-order valence-electron chi connectivity index (χ3n) is 7.16. The fraction of sp³-hybridized carbons (Fsp3) is 0.625. The number of aromatic nitrogens is 4. The van der Waals surface area contributed by atoms with E-state index in [1.165, 1.54) is 12.5 Å². The van der Waals surface area contributed by atoms with Crippen molar-refractivity contribution in [3.63, 3.8) is 0 Å². The van der Waals surface area contributed by atoms with Crippen molar-refractivity contribution in [3.8, 4) is 0 Å². The van der Waals surface area contributed by atoms with Crippen molar-refractivity contribution in [3.05, 3.63) is 44.9 Å². The van der Waals surface area contributed by atoms with Crippen molar-refractivity contribution in [2.75, 3.05) is 13.1 Å². The van der Waals surface area contributed by atoms with E-state index >= 15 is 0 Å². The number of nitrogens with one attached hydrogen (secondary N) is 1. The Morgan fingerprint density at radius 3 is 2.78 bits per heavy atom. The highest BCUT2D eigenvalue weighted by molar-refractivity contribution is 6.02. The largest absolute Gasteiger partial charge is 0.338 e. The second-order valence-corrected chi connectivity index (χ2v) is 10.4. The van der Waals surface area contributed by atoms with E-state index in [2.05, 4.69) is 19.7 Å². The Kier molecular flexibility index (Phi) is 5.26. The summed E-state index contributed by atoms with van der Waals surface area (Å²) in [7, 11) is 0. The second kappa shape index (κ2) is 7.98. The number of pyridine rings is 1. The summed E-state index contributed by atoms with van der Waals surface area (Å²) in [5.41, 5.74) is 0.615. The first-order chi connectivity index (χ1) is 15.3. The lowest BCUT2D eigenvalue weighted by atomic mass is 9.75. The number of carbonyl (C=O) groups is 2. The van der Waals surface area contributed by atoms with E-state index < -0.39 is 5.56 Å². The Labute approximate surface area is 187 Å². The van der Waals surface area contributed by atoms with Crippen LogP contribution in [0.25, 0.3) is 0 Å². The molecule has 1 fully saturated rings. The number of carbonyl (C=O) groups excluding carboxylic acids is 2. The van der Waals surface area contributed by atoms with Crippen molar-refractivity contribution >= 4 is 11.7 Å². The molecule has 3 aliphatic rings. The molecule has 2 aromatic heterocycles. The first kappa shape index (κ1) is 21.1. The zero-order valence-corrected chi connectivity index (χ0v) is 18.9. The van der Waals surface area contributed by atoms with Gasteiger partial charge in [0.2, 0.25) is 0 Å². The Bertz CT molecular complexity index is 1130. The molecular weight excluding hydrogens is 406 g/mol. The van der Waals surface area contributed by atoms with Crippen molar-refractivity contribution < 1.29 is 9.59 Å². The molecule has 0 saturated carbocycles.